The lowest BCUT2D eigenvalue weighted by Gasteiger charge is -2.30. The van der Waals surface area contributed by atoms with E-state index in [1.165, 1.54) is 5.19 Å². The van der Waals surface area contributed by atoms with Crippen LogP contribution in [0.25, 0.3) is 0 Å². The van der Waals surface area contributed by atoms with Crippen molar-refractivity contribution in [1.82, 2.24) is 5.32 Å². The van der Waals surface area contributed by atoms with Crippen molar-refractivity contribution >= 4 is 19.4 Å². The van der Waals surface area contributed by atoms with Crippen LogP contribution in [-0.4, -0.2) is 38.0 Å². The maximum absolute atomic E-state index is 11.6. The number of carbonyl (C=O) groups excluding carboxylic acids is 1. The molecule has 2 atom stereocenters. The summed E-state index contributed by atoms with van der Waals surface area (Å²) in [6, 6.07) is 10.8. The summed E-state index contributed by atoms with van der Waals surface area (Å²) in [5.74, 6) is 0. The Morgan fingerprint density at radius 1 is 1.35 bits per heavy atom. The number of hydrogen-bond acceptors (Lipinski definition) is 3. The molecule has 1 amide bonds. The Balaban J connectivity index is 2.77. The molecule has 0 aliphatic rings. The van der Waals surface area contributed by atoms with Gasteiger partial charge in [-0.1, -0.05) is 48.6 Å². The second-order valence-electron chi connectivity index (χ2n) is 5.67. The lowest BCUT2D eigenvalue weighted by Crippen LogP contribution is -2.51. The molecule has 0 spiro atoms. The van der Waals surface area contributed by atoms with Crippen molar-refractivity contribution in [3.05, 3.63) is 30.3 Å². The van der Waals surface area contributed by atoms with Crippen molar-refractivity contribution in [2.24, 2.45) is 0 Å². The fraction of sp³-hybridized carbons (Fsp3) is 0.533. The molecule has 0 heterocycles. The largest absolute Gasteiger partial charge is 0.450 e. The maximum Gasteiger partial charge on any atom is 0.407 e. The molecular weight excluding hydrogens is 270 g/mol. The Morgan fingerprint density at radius 2 is 1.95 bits per heavy atom. The monoisotopic (exact) mass is 295 g/mol. The summed E-state index contributed by atoms with van der Waals surface area (Å²) in [5.41, 5.74) is 0. The minimum absolute atomic E-state index is 0.282. The van der Waals surface area contributed by atoms with Crippen molar-refractivity contribution in [1.29, 1.82) is 0 Å². The SMILES string of the molecule is CCOC(=O)N[C@@H](C[Si](C)(C)c1ccccc1)[C@@H](C)O. The highest BCUT2D eigenvalue weighted by molar-refractivity contribution is 6.89. The molecule has 0 radical (unpaired) electrons. The van der Waals surface area contributed by atoms with Gasteiger partial charge in [-0.05, 0) is 19.9 Å². The van der Waals surface area contributed by atoms with Gasteiger partial charge in [0.25, 0.3) is 0 Å². The first-order chi connectivity index (χ1) is 9.36. The van der Waals surface area contributed by atoms with E-state index in [1.54, 1.807) is 13.8 Å². The zero-order chi connectivity index (χ0) is 15.2. The fourth-order valence-electron chi connectivity index (χ4n) is 2.22. The van der Waals surface area contributed by atoms with Crippen molar-refractivity contribution in [2.45, 2.75) is 45.1 Å². The van der Waals surface area contributed by atoms with Gasteiger partial charge in [0.1, 0.15) is 0 Å². The predicted octanol–water partition coefficient (Wildman–Crippen LogP) is 2.10. The van der Waals surface area contributed by atoms with Crippen LogP contribution in [0.3, 0.4) is 0 Å². The molecule has 4 nitrogen and oxygen atoms in total. The lowest BCUT2D eigenvalue weighted by atomic mass is 10.2. The summed E-state index contributed by atoms with van der Waals surface area (Å²) < 4.78 is 4.90. The third kappa shape index (κ3) is 4.98. The summed E-state index contributed by atoms with van der Waals surface area (Å²) in [6.45, 7) is 8.28. The van der Waals surface area contributed by atoms with Gasteiger partial charge in [-0.3, -0.25) is 0 Å². The molecular formula is C15H25NO3Si. The van der Waals surface area contributed by atoms with E-state index in [2.05, 4.69) is 30.5 Å². The number of rotatable bonds is 6. The van der Waals surface area contributed by atoms with Gasteiger partial charge in [-0.25, -0.2) is 4.79 Å². The first-order valence-corrected chi connectivity index (χ1v) is 10.2. The summed E-state index contributed by atoms with van der Waals surface area (Å²) >= 11 is 0. The molecule has 1 rings (SSSR count). The van der Waals surface area contributed by atoms with E-state index in [9.17, 15) is 9.90 Å². The van der Waals surface area contributed by atoms with Crippen LogP contribution in [0.2, 0.25) is 19.1 Å². The van der Waals surface area contributed by atoms with E-state index < -0.39 is 20.3 Å². The van der Waals surface area contributed by atoms with Crippen LogP contribution in [0.1, 0.15) is 13.8 Å². The summed E-state index contributed by atoms with van der Waals surface area (Å²) in [6.07, 6.45) is -1.06. The number of hydrogen-bond donors (Lipinski definition) is 2. The van der Waals surface area contributed by atoms with Gasteiger partial charge in [-0.2, -0.15) is 0 Å². The van der Waals surface area contributed by atoms with Gasteiger partial charge in [0.2, 0.25) is 0 Å². The lowest BCUT2D eigenvalue weighted by molar-refractivity contribution is 0.121. The highest BCUT2D eigenvalue weighted by Gasteiger charge is 2.30. The van der Waals surface area contributed by atoms with Crippen LogP contribution in [0.5, 0.6) is 0 Å². The van der Waals surface area contributed by atoms with Gasteiger partial charge in [0, 0.05) is 0 Å². The molecule has 2 N–H and O–H groups in total. The standard InChI is InChI=1S/C15H25NO3Si/c1-5-19-15(18)16-14(12(2)17)11-20(3,4)13-9-7-6-8-10-13/h6-10,12,14,17H,5,11H2,1-4H3,(H,16,18)/t12-,14+/m1/s1. The van der Waals surface area contributed by atoms with Crippen LogP contribution >= 0.6 is 0 Å². The van der Waals surface area contributed by atoms with Gasteiger partial charge in [-0.15, -0.1) is 0 Å². The van der Waals surface area contributed by atoms with Gasteiger partial charge >= 0.3 is 6.09 Å². The Morgan fingerprint density at radius 3 is 2.45 bits per heavy atom. The quantitative estimate of drug-likeness (QED) is 0.790. The Hall–Kier alpha value is -1.33. The van der Waals surface area contributed by atoms with Crippen molar-refractivity contribution < 1.29 is 14.6 Å². The zero-order valence-electron chi connectivity index (χ0n) is 12.7. The fourth-order valence-corrected chi connectivity index (χ4v) is 5.10. The number of aliphatic hydroxyl groups excluding tert-OH is 1. The Bertz CT molecular complexity index is 420. The zero-order valence-corrected chi connectivity index (χ0v) is 13.7. The van der Waals surface area contributed by atoms with E-state index in [0.717, 1.165) is 6.04 Å². The number of amides is 1. The number of alkyl carbamates (subject to hydrolysis) is 1. The van der Waals surface area contributed by atoms with E-state index in [1.807, 2.05) is 18.2 Å². The maximum atomic E-state index is 11.6. The summed E-state index contributed by atoms with van der Waals surface area (Å²) in [4.78, 5) is 11.6. The van der Waals surface area contributed by atoms with Crippen LogP contribution in [-0.2, 0) is 4.74 Å². The average molecular weight is 295 g/mol. The van der Waals surface area contributed by atoms with E-state index in [-0.39, 0.29) is 6.04 Å². The topological polar surface area (TPSA) is 58.6 Å². The number of aliphatic hydroxyl groups is 1. The normalized spacial score (nSPS) is 14.4. The molecule has 1 aromatic rings. The van der Waals surface area contributed by atoms with E-state index >= 15 is 0 Å². The van der Waals surface area contributed by atoms with E-state index in [0.29, 0.717) is 6.61 Å². The highest BCUT2D eigenvalue weighted by Crippen LogP contribution is 2.15. The first kappa shape index (κ1) is 16.7. The van der Waals surface area contributed by atoms with Crippen LogP contribution in [0.15, 0.2) is 30.3 Å². The molecule has 0 fully saturated rings. The minimum Gasteiger partial charge on any atom is -0.450 e. The average Bonchev–Trinajstić information content (AvgIpc) is 2.39. The third-order valence-corrected chi connectivity index (χ3v) is 6.80. The number of carbonyl (C=O) groups is 1. The van der Waals surface area contributed by atoms with Crippen LogP contribution in [0.4, 0.5) is 4.79 Å². The van der Waals surface area contributed by atoms with Crippen molar-refractivity contribution in [3.8, 4) is 0 Å². The third-order valence-electron chi connectivity index (χ3n) is 3.45. The second-order valence-corrected chi connectivity index (χ2v) is 10.4. The molecule has 0 bridgehead atoms. The van der Waals surface area contributed by atoms with E-state index in [4.69, 9.17) is 4.74 Å². The van der Waals surface area contributed by atoms with Crippen molar-refractivity contribution in [2.75, 3.05) is 6.61 Å². The smallest absolute Gasteiger partial charge is 0.407 e. The first-order valence-electron chi connectivity index (χ1n) is 7.03. The van der Waals surface area contributed by atoms with Gasteiger partial charge < -0.3 is 15.2 Å². The molecule has 0 aliphatic carbocycles. The number of nitrogens with one attached hydrogen (secondary N) is 1. The predicted molar refractivity (Wildman–Crippen MR) is 84.0 cm³/mol. The number of benzene rings is 1. The Kier molecular flexibility index (Phi) is 6.23. The van der Waals surface area contributed by atoms with Gasteiger partial charge in [0.05, 0.1) is 26.8 Å². The Labute approximate surface area is 122 Å². The molecule has 0 unspecified atom stereocenters. The minimum atomic E-state index is -1.73. The van der Waals surface area contributed by atoms with Gasteiger partial charge in [0.15, 0.2) is 0 Å². The number of ether oxygens (including phenoxy) is 1. The molecule has 0 aliphatic heterocycles. The summed E-state index contributed by atoms with van der Waals surface area (Å²) in [5, 5.41) is 14.0. The molecule has 0 saturated heterocycles. The summed E-state index contributed by atoms with van der Waals surface area (Å²) in [7, 11) is -1.73. The molecule has 0 saturated carbocycles. The molecule has 1 aromatic carbocycles. The second kappa shape index (κ2) is 7.45. The molecule has 112 valence electrons. The van der Waals surface area contributed by atoms with Crippen LogP contribution in [0, 0.1) is 0 Å². The molecule has 0 aromatic heterocycles. The van der Waals surface area contributed by atoms with Crippen LogP contribution < -0.4 is 10.5 Å². The highest BCUT2D eigenvalue weighted by atomic mass is 28.3. The van der Waals surface area contributed by atoms with Crippen molar-refractivity contribution in [3.63, 3.8) is 0 Å². The molecule has 20 heavy (non-hydrogen) atoms. The molecule has 5 heteroatoms.